The maximum atomic E-state index is 14.1. The molecule has 1 unspecified atom stereocenters. The highest BCUT2D eigenvalue weighted by Crippen LogP contribution is 2.26. The number of aromatic nitrogens is 5. The van der Waals surface area contributed by atoms with Crippen molar-refractivity contribution in [1.82, 2.24) is 24.3 Å². The summed E-state index contributed by atoms with van der Waals surface area (Å²) in [4.78, 5) is 2.87. The first-order valence-corrected chi connectivity index (χ1v) is 6.33. The summed E-state index contributed by atoms with van der Waals surface area (Å²) in [7, 11) is 1.78. The number of rotatable bonds is 2. The number of aryl methyl sites for hydroxylation is 1. The molecule has 0 aliphatic heterocycles. The van der Waals surface area contributed by atoms with Gasteiger partial charge in [0.1, 0.15) is 11.8 Å². The number of aromatic amines is 1. The lowest BCUT2D eigenvalue weighted by atomic mass is 10.2. The van der Waals surface area contributed by atoms with Gasteiger partial charge in [-0.05, 0) is 31.3 Å². The smallest absolute Gasteiger partial charge is 0.184 e. The topological polar surface area (TPSA) is 51.4 Å². The van der Waals surface area contributed by atoms with Crippen molar-refractivity contribution in [2.75, 3.05) is 0 Å². The Kier molecular flexibility index (Phi) is 2.89. The van der Waals surface area contributed by atoms with Crippen LogP contribution in [0.2, 0.25) is 0 Å². The van der Waals surface area contributed by atoms with Crippen molar-refractivity contribution in [2.45, 2.75) is 13.0 Å². The van der Waals surface area contributed by atoms with Gasteiger partial charge >= 0.3 is 0 Å². The minimum atomic E-state index is -0.927. The molecule has 1 atom stereocenters. The van der Waals surface area contributed by atoms with Gasteiger partial charge in [-0.2, -0.15) is 0 Å². The Morgan fingerprint density at radius 2 is 2.10 bits per heavy atom. The van der Waals surface area contributed by atoms with Gasteiger partial charge in [-0.3, -0.25) is 0 Å². The van der Waals surface area contributed by atoms with E-state index in [1.165, 1.54) is 10.6 Å². The number of hydrogen-bond acceptors (Lipinski definition) is 3. The monoisotopic (exact) mass is 295 g/mol. The zero-order valence-electron chi connectivity index (χ0n) is 10.8. The van der Waals surface area contributed by atoms with Crippen molar-refractivity contribution in [3.8, 4) is 0 Å². The summed E-state index contributed by atoms with van der Waals surface area (Å²) in [5.41, 5.74) is 0.549. The van der Waals surface area contributed by atoms with E-state index in [1.54, 1.807) is 24.9 Å². The summed E-state index contributed by atoms with van der Waals surface area (Å²) in [6, 6.07) is 2.16. The maximum absolute atomic E-state index is 14.1. The molecule has 8 heteroatoms. The number of benzene rings is 1. The fourth-order valence-electron chi connectivity index (χ4n) is 2.31. The van der Waals surface area contributed by atoms with Crippen LogP contribution < -0.4 is 0 Å². The molecule has 104 valence electrons. The summed E-state index contributed by atoms with van der Waals surface area (Å²) >= 11 is 5.21. The number of nitrogens with one attached hydrogen (secondary N) is 1. The minimum Gasteiger partial charge on any atom is -0.330 e. The number of hydrogen-bond donors (Lipinski definition) is 1. The minimum absolute atomic E-state index is 0.102. The predicted molar refractivity (Wildman–Crippen MR) is 71.9 cm³/mol. The van der Waals surface area contributed by atoms with Crippen LogP contribution in [0.4, 0.5) is 8.78 Å². The molecule has 3 rings (SSSR count). The summed E-state index contributed by atoms with van der Waals surface area (Å²) in [6.07, 6.45) is 1.54. The number of halogens is 2. The molecule has 0 aliphatic rings. The Morgan fingerprint density at radius 3 is 2.75 bits per heavy atom. The molecule has 5 nitrogen and oxygen atoms in total. The highest BCUT2D eigenvalue weighted by Gasteiger charge is 2.21. The Morgan fingerprint density at radius 1 is 1.35 bits per heavy atom. The molecule has 0 radical (unpaired) electrons. The number of H-pyrrole nitrogens is 1. The van der Waals surface area contributed by atoms with Crippen LogP contribution in [0.3, 0.4) is 0 Å². The van der Waals surface area contributed by atoms with Crippen molar-refractivity contribution in [2.24, 2.45) is 7.05 Å². The molecule has 0 saturated heterocycles. The maximum Gasteiger partial charge on any atom is 0.184 e. The molecule has 2 aromatic heterocycles. The van der Waals surface area contributed by atoms with Gasteiger partial charge in [-0.15, -0.1) is 10.2 Å². The molecule has 1 N–H and O–H groups in total. The van der Waals surface area contributed by atoms with Crippen LogP contribution in [0.15, 0.2) is 18.5 Å². The predicted octanol–water partition coefficient (Wildman–Crippen LogP) is 2.71. The van der Waals surface area contributed by atoms with E-state index in [0.717, 1.165) is 6.07 Å². The lowest BCUT2D eigenvalue weighted by molar-refractivity contribution is 0.504. The van der Waals surface area contributed by atoms with Crippen LogP contribution in [0, 0.1) is 16.4 Å². The molecule has 0 fully saturated rings. The number of nitrogens with zero attached hydrogens (tertiary/aromatic N) is 4. The average Bonchev–Trinajstić information content (AvgIpc) is 2.97. The van der Waals surface area contributed by atoms with E-state index in [9.17, 15) is 8.78 Å². The SMILES string of the molecule is CC(c1nncn1C)n1c(=S)[nH]c2ccc(F)c(F)c21. The van der Waals surface area contributed by atoms with Crippen LogP contribution in [0.1, 0.15) is 18.8 Å². The summed E-state index contributed by atoms with van der Waals surface area (Å²) in [5.74, 6) is -1.24. The highest BCUT2D eigenvalue weighted by molar-refractivity contribution is 7.71. The van der Waals surface area contributed by atoms with Crippen LogP contribution in [0.5, 0.6) is 0 Å². The molecule has 0 aliphatic carbocycles. The van der Waals surface area contributed by atoms with Gasteiger partial charge < -0.3 is 14.1 Å². The second-order valence-corrected chi connectivity index (χ2v) is 4.92. The van der Waals surface area contributed by atoms with Crippen molar-refractivity contribution in [1.29, 1.82) is 0 Å². The Labute approximate surface area is 117 Å². The molecule has 0 bridgehead atoms. The molecule has 0 amide bonds. The summed E-state index contributed by atoms with van der Waals surface area (Å²) < 4.78 is 31.0. The van der Waals surface area contributed by atoms with Crippen molar-refractivity contribution < 1.29 is 8.78 Å². The standard InChI is InChI=1S/C12H11F2N5S/c1-6(11-17-15-5-18(11)2)19-10-8(16-12(19)20)4-3-7(13)9(10)14/h3-6H,1-2H3,(H,16,20). The molecule has 20 heavy (non-hydrogen) atoms. The third-order valence-electron chi connectivity index (χ3n) is 3.28. The number of imidazole rings is 1. The third-order valence-corrected chi connectivity index (χ3v) is 3.58. The summed E-state index contributed by atoms with van der Waals surface area (Å²) in [5, 5.41) is 7.78. The first-order chi connectivity index (χ1) is 9.50. The largest absolute Gasteiger partial charge is 0.330 e. The lowest BCUT2D eigenvalue weighted by Crippen LogP contribution is -2.13. The van der Waals surface area contributed by atoms with E-state index >= 15 is 0 Å². The second kappa shape index (κ2) is 4.48. The number of fused-ring (bicyclic) bond motifs is 1. The van der Waals surface area contributed by atoms with Crippen LogP contribution in [0.25, 0.3) is 11.0 Å². The Bertz CT molecular complexity index is 847. The van der Waals surface area contributed by atoms with Gasteiger partial charge in [0.25, 0.3) is 0 Å². The van der Waals surface area contributed by atoms with E-state index in [-0.39, 0.29) is 11.6 Å². The van der Waals surface area contributed by atoms with Gasteiger partial charge in [0.15, 0.2) is 22.2 Å². The lowest BCUT2D eigenvalue weighted by Gasteiger charge is -2.14. The zero-order valence-corrected chi connectivity index (χ0v) is 11.6. The van der Waals surface area contributed by atoms with Crippen molar-refractivity contribution in [3.63, 3.8) is 0 Å². The fraction of sp³-hybridized carbons (Fsp3) is 0.250. The van der Waals surface area contributed by atoms with E-state index in [0.29, 0.717) is 16.1 Å². The van der Waals surface area contributed by atoms with Crippen LogP contribution >= 0.6 is 12.2 Å². The van der Waals surface area contributed by atoms with E-state index in [4.69, 9.17) is 12.2 Å². The van der Waals surface area contributed by atoms with Crippen LogP contribution in [-0.4, -0.2) is 24.3 Å². The molecule has 2 heterocycles. The molecule has 3 aromatic rings. The average molecular weight is 295 g/mol. The fourth-order valence-corrected chi connectivity index (χ4v) is 2.67. The molecular weight excluding hydrogens is 284 g/mol. The first-order valence-electron chi connectivity index (χ1n) is 5.93. The van der Waals surface area contributed by atoms with Gasteiger partial charge in [-0.25, -0.2) is 8.78 Å². The second-order valence-electron chi connectivity index (χ2n) is 4.53. The Balaban J connectivity index is 2.31. The van der Waals surface area contributed by atoms with E-state index in [2.05, 4.69) is 15.2 Å². The van der Waals surface area contributed by atoms with Crippen molar-refractivity contribution >= 4 is 23.3 Å². The quantitative estimate of drug-likeness (QED) is 0.740. The van der Waals surface area contributed by atoms with Crippen LogP contribution in [-0.2, 0) is 7.05 Å². The molecule has 0 spiro atoms. The van der Waals surface area contributed by atoms with Gasteiger partial charge in [-0.1, -0.05) is 0 Å². The first kappa shape index (κ1) is 12.9. The summed E-state index contributed by atoms with van der Waals surface area (Å²) in [6.45, 7) is 1.80. The molecule has 0 saturated carbocycles. The molecular formula is C12H11F2N5S. The van der Waals surface area contributed by atoms with Gasteiger partial charge in [0.2, 0.25) is 0 Å². The normalized spacial score (nSPS) is 13.0. The van der Waals surface area contributed by atoms with Gasteiger partial charge in [0, 0.05) is 7.05 Å². The third kappa shape index (κ3) is 1.75. The Hall–Kier alpha value is -2.09. The van der Waals surface area contributed by atoms with E-state index in [1.807, 2.05) is 0 Å². The van der Waals surface area contributed by atoms with E-state index < -0.39 is 11.6 Å². The molecule has 1 aromatic carbocycles. The van der Waals surface area contributed by atoms with Gasteiger partial charge in [0.05, 0.1) is 11.6 Å². The highest BCUT2D eigenvalue weighted by atomic mass is 32.1. The van der Waals surface area contributed by atoms with Crippen molar-refractivity contribution in [3.05, 3.63) is 40.7 Å². The zero-order chi connectivity index (χ0) is 14.4.